The molecule has 0 amide bonds. The molecule has 0 saturated heterocycles. The second kappa shape index (κ2) is 6.32. The van der Waals surface area contributed by atoms with E-state index in [4.69, 9.17) is 5.73 Å². The number of halogens is 4. The summed E-state index contributed by atoms with van der Waals surface area (Å²) in [6.45, 7) is 0. The van der Waals surface area contributed by atoms with E-state index in [0.717, 1.165) is 10.0 Å². The number of hydrogen-bond acceptors (Lipinski definition) is 1. The molecule has 5 heteroatoms. The van der Waals surface area contributed by atoms with Crippen LogP contribution in [0.15, 0.2) is 28.7 Å². The van der Waals surface area contributed by atoms with Gasteiger partial charge >= 0.3 is 0 Å². The quantitative estimate of drug-likeness (QED) is 0.904. The highest BCUT2D eigenvalue weighted by Gasteiger charge is 2.14. The summed E-state index contributed by atoms with van der Waals surface area (Å²) in [5, 5.41) is 0. The summed E-state index contributed by atoms with van der Waals surface area (Å²) in [6, 6.07) is 6.54. The van der Waals surface area contributed by atoms with Crippen molar-refractivity contribution in [1.29, 1.82) is 0 Å². The van der Waals surface area contributed by atoms with Crippen molar-refractivity contribution in [3.05, 3.63) is 34.3 Å². The molecule has 1 aromatic rings. The zero-order chi connectivity index (χ0) is 9.84. The molecule has 0 fully saturated rings. The van der Waals surface area contributed by atoms with Crippen molar-refractivity contribution in [2.24, 2.45) is 5.73 Å². The van der Waals surface area contributed by atoms with Crippen LogP contribution in [0.25, 0.3) is 0 Å². The van der Waals surface area contributed by atoms with Crippen molar-refractivity contribution >= 4 is 28.3 Å². The van der Waals surface area contributed by atoms with Gasteiger partial charge in [0.25, 0.3) is 0 Å². The van der Waals surface area contributed by atoms with Crippen molar-refractivity contribution in [3.8, 4) is 0 Å². The molecule has 0 aliphatic rings. The summed E-state index contributed by atoms with van der Waals surface area (Å²) < 4.78 is 24.8. The number of nitrogens with two attached hydrogens (primary N) is 1. The molecule has 0 bridgehead atoms. The van der Waals surface area contributed by atoms with Gasteiger partial charge in [-0.15, -0.1) is 12.4 Å². The molecule has 0 aliphatic heterocycles. The third-order valence-electron chi connectivity index (χ3n) is 1.74. The van der Waals surface area contributed by atoms with Gasteiger partial charge in [-0.1, -0.05) is 34.1 Å². The average molecular weight is 287 g/mol. The van der Waals surface area contributed by atoms with Gasteiger partial charge < -0.3 is 5.73 Å². The first kappa shape index (κ1) is 13.8. The van der Waals surface area contributed by atoms with E-state index in [1.54, 1.807) is 18.2 Å². The molecule has 0 radical (unpaired) electrons. The summed E-state index contributed by atoms with van der Waals surface area (Å²) in [5.41, 5.74) is 6.31. The summed E-state index contributed by atoms with van der Waals surface area (Å²) in [5.74, 6) is 0. The monoisotopic (exact) mass is 285 g/mol. The van der Waals surface area contributed by atoms with Crippen LogP contribution in [0.2, 0.25) is 0 Å². The Hall–Kier alpha value is -0.190. The minimum Gasteiger partial charge on any atom is -0.324 e. The molecular formula is C9H11BrClF2N. The molecule has 1 atom stereocenters. The molecule has 14 heavy (non-hydrogen) atoms. The van der Waals surface area contributed by atoms with Gasteiger partial charge in [-0.3, -0.25) is 0 Å². The normalized spacial score (nSPS) is 12.4. The molecule has 0 aromatic heterocycles. The maximum atomic E-state index is 12.0. The topological polar surface area (TPSA) is 26.0 Å². The second-order valence-corrected chi connectivity index (χ2v) is 3.61. The molecule has 0 saturated carbocycles. The van der Waals surface area contributed by atoms with E-state index >= 15 is 0 Å². The van der Waals surface area contributed by atoms with Gasteiger partial charge in [0.05, 0.1) is 0 Å². The van der Waals surface area contributed by atoms with Crippen LogP contribution < -0.4 is 5.73 Å². The molecule has 0 heterocycles. The van der Waals surface area contributed by atoms with Gasteiger partial charge in [-0.25, -0.2) is 8.78 Å². The molecule has 2 N–H and O–H groups in total. The van der Waals surface area contributed by atoms with Crippen LogP contribution in [0.5, 0.6) is 0 Å². The first-order valence-electron chi connectivity index (χ1n) is 3.89. The zero-order valence-electron chi connectivity index (χ0n) is 7.29. The van der Waals surface area contributed by atoms with E-state index in [-0.39, 0.29) is 18.8 Å². The number of alkyl halides is 2. The maximum absolute atomic E-state index is 12.0. The molecule has 0 unspecified atom stereocenters. The Morgan fingerprint density at radius 1 is 1.29 bits per heavy atom. The second-order valence-electron chi connectivity index (χ2n) is 2.75. The lowest BCUT2D eigenvalue weighted by atomic mass is 10.1. The lowest BCUT2D eigenvalue weighted by Gasteiger charge is -2.12. The van der Waals surface area contributed by atoms with Gasteiger partial charge in [-0.2, -0.15) is 0 Å². The van der Waals surface area contributed by atoms with Crippen LogP contribution in [0, 0.1) is 0 Å². The minimum atomic E-state index is -2.36. The van der Waals surface area contributed by atoms with Crippen LogP contribution in [0.3, 0.4) is 0 Å². The summed E-state index contributed by atoms with van der Waals surface area (Å²) in [6.07, 6.45) is -2.66. The molecule has 1 nitrogen and oxygen atoms in total. The average Bonchev–Trinajstić information content (AvgIpc) is 2.03. The van der Waals surface area contributed by atoms with Gasteiger partial charge in [0.2, 0.25) is 6.43 Å². The third-order valence-corrected chi connectivity index (χ3v) is 2.46. The largest absolute Gasteiger partial charge is 0.324 e. The van der Waals surface area contributed by atoms with Gasteiger partial charge in [0.1, 0.15) is 0 Å². The van der Waals surface area contributed by atoms with Crippen LogP contribution in [-0.4, -0.2) is 6.43 Å². The molecule has 80 valence electrons. The molecule has 0 aliphatic carbocycles. The van der Waals surface area contributed by atoms with Crippen molar-refractivity contribution < 1.29 is 8.78 Å². The van der Waals surface area contributed by atoms with E-state index in [0.29, 0.717) is 0 Å². The SMILES string of the molecule is Cl.N[C@H](CC(F)F)c1ccccc1Br. The Morgan fingerprint density at radius 2 is 1.86 bits per heavy atom. The fourth-order valence-electron chi connectivity index (χ4n) is 1.09. The Morgan fingerprint density at radius 3 is 2.36 bits per heavy atom. The van der Waals surface area contributed by atoms with Crippen LogP contribution in [-0.2, 0) is 0 Å². The Balaban J connectivity index is 0.00000169. The first-order valence-corrected chi connectivity index (χ1v) is 4.68. The van der Waals surface area contributed by atoms with Crippen LogP contribution in [0.4, 0.5) is 8.78 Å². The van der Waals surface area contributed by atoms with Gasteiger partial charge in [-0.05, 0) is 11.6 Å². The number of hydrogen-bond donors (Lipinski definition) is 1. The van der Waals surface area contributed by atoms with E-state index in [1.807, 2.05) is 6.07 Å². The zero-order valence-corrected chi connectivity index (χ0v) is 9.69. The number of rotatable bonds is 3. The van der Waals surface area contributed by atoms with Crippen LogP contribution >= 0.6 is 28.3 Å². The van der Waals surface area contributed by atoms with E-state index in [1.165, 1.54) is 0 Å². The smallest absolute Gasteiger partial charge is 0.240 e. The van der Waals surface area contributed by atoms with E-state index in [9.17, 15) is 8.78 Å². The Bertz CT molecular complexity index is 283. The number of benzene rings is 1. The first-order chi connectivity index (χ1) is 6.11. The van der Waals surface area contributed by atoms with Crippen molar-refractivity contribution in [2.75, 3.05) is 0 Å². The third kappa shape index (κ3) is 3.90. The fourth-order valence-corrected chi connectivity index (χ4v) is 1.67. The highest BCUT2D eigenvalue weighted by molar-refractivity contribution is 9.10. The molecule has 1 aromatic carbocycles. The van der Waals surface area contributed by atoms with E-state index in [2.05, 4.69) is 15.9 Å². The van der Waals surface area contributed by atoms with Crippen molar-refractivity contribution in [2.45, 2.75) is 18.9 Å². The van der Waals surface area contributed by atoms with Gasteiger partial charge in [0, 0.05) is 16.9 Å². The summed E-state index contributed by atoms with van der Waals surface area (Å²) in [7, 11) is 0. The van der Waals surface area contributed by atoms with Crippen LogP contribution in [0.1, 0.15) is 18.0 Å². The summed E-state index contributed by atoms with van der Waals surface area (Å²) in [4.78, 5) is 0. The summed E-state index contributed by atoms with van der Waals surface area (Å²) >= 11 is 3.26. The molecule has 1 rings (SSSR count). The highest BCUT2D eigenvalue weighted by Crippen LogP contribution is 2.25. The maximum Gasteiger partial charge on any atom is 0.240 e. The van der Waals surface area contributed by atoms with Crippen molar-refractivity contribution in [3.63, 3.8) is 0 Å². The van der Waals surface area contributed by atoms with Gasteiger partial charge in [0.15, 0.2) is 0 Å². The fraction of sp³-hybridized carbons (Fsp3) is 0.333. The Kier molecular flexibility index (Phi) is 6.24. The predicted octanol–water partition coefficient (Wildman–Crippen LogP) is 3.53. The molecular weight excluding hydrogens is 275 g/mol. The lowest BCUT2D eigenvalue weighted by Crippen LogP contribution is -2.14. The van der Waals surface area contributed by atoms with Crippen molar-refractivity contribution in [1.82, 2.24) is 0 Å². The Labute approximate surface area is 96.2 Å². The standard InChI is InChI=1S/C9H10BrF2N.ClH/c10-7-4-2-1-3-6(7)8(13)5-9(11)12;/h1-4,8-9H,5,13H2;1H/t8-;/m1./s1. The van der Waals surface area contributed by atoms with E-state index < -0.39 is 12.5 Å². The highest BCUT2D eigenvalue weighted by atomic mass is 79.9. The molecule has 0 spiro atoms. The minimum absolute atomic E-state index is 0. The predicted molar refractivity (Wildman–Crippen MR) is 58.9 cm³/mol. The lowest BCUT2D eigenvalue weighted by molar-refractivity contribution is 0.128.